The molecule has 0 bridgehead atoms. The van der Waals surface area contributed by atoms with Gasteiger partial charge in [-0.3, -0.25) is 9.59 Å². The quantitative estimate of drug-likeness (QED) is 0.140. The summed E-state index contributed by atoms with van der Waals surface area (Å²) in [6.45, 7) is 16.2. The van der Waals surface area contributed by atoms with Crippen molar-refractivity contribution < 1.29 is 28.6 Å². The third-order valence-electron chi connectivity index (χ3n) is 6.49. The highest BCUT2D eigenvalue weighted by Gasteiger charge is 2.27. The number of unbranched alkanes of at least 4 members (excludes halogenated alkanes) is 2. The molecule has 0 heterocycles. The summed E-state index contributed by atoms with van der Waals surface area (Å²) in [5.74, 6) is -0.614. The summed E-state index contributed by atoms with van der Waals surface area (Å²) in [6, 6.07) is 10.1. The van der Waals surface area contributed by atoms with Crippen LogP contribution in [0.5, 0.6) is 0 Å². The van der Waals surface area contributed by atoms with Crippen LogP contribution < -0.4 is 5.32 Å². The largest absolute Gasteiger partial charge is 0.464 e. The molecule has 0 aliphatic carbocycles. The van der Waals surface area contributed by atoms with Gasteiger partial charge in [-0.2, -0.15) is 0 Å². The number of amides is 1. The second-order valence-electron chi connectivity index (χ2n) is 12.4. The SMILES string of the molecule is CCC(C)(Cc1ccccc1)OC(=O)CCCCCC(C)(C)OC(=O)NCCOC(=O)C(C)CC(C)(C)C. The topological polar surface area (TPSA) is 90.9 Å². The van der Waals surface area contributed by atoms with Crippen LogP contribution in [0.3, 0.4) is 0 Å². The van der Waals surface area contributed by atoms with Crippen LogP contribution in [0.25, 0.3) is 0 Å². The molecule has 1 aromatic rings. The van der Waals surface area contributed by atoms with Crippen LogP contribution in [0.1, 0.15) is 106 Å². The van der Waals surface area contributed by atoms with Gasteiger partial charge in [-0.05, 0) is 63.9 Å². The number of carbonyl (C=O) groups is 3. The van der Waals surface area contributed by atoms with Crippen molar-refractivity contribution in [2.45, 2.75) is 118 Å². The minimum Gasteiger partial charge on any atom is -0.464 e. The van der Waals surface area contributed by atoms with Gasteiger partial charge in [0.05, 0.1) is 12.5 Å². The van der Waals surface area contributed by atoms with Gasteiger partial charge in [0.15, 0.2) is 0 Å². The Bertz CT molecular complexity index is 861. The molecular formula is C31H51NO6. The molecule has 1 rings (SSSR count). The second kappa shape index (κ2) is 15.7. The van der Waals surface area contributed by atoms with Crippen LogP contribution in [-0.2, 0) is 30.2 Å². The van der Waals surface area contributed by atoms with E-state index in [4.69, 9.17) is 14.2 Å². The van der Waals surface area contributed by atoms with Crippen LogP contribution in [0.4, 0.5) is 4.79 Å². The molecular weight excluding hydrogens is 482 g/mol. The number of esters is 2. The van der Waals surface area contributed by atoms with Crippen molar-refractivity contribution in [3.8, 4) is 0 Å². The van der Waals surface area contributed by atoms with Gasteiger partial charge in [0.2, 0.25) is 0 Å². The molecule has 0 spiro atoms. The van der Waals surface area contributed by atoms with Crippen molar-refractivity contribution in [3.05, 3.63) is 35.9 Å². The summed E-state index contributed by atoms with van der Waals surface area (Å²) >= 11 is 0. The summed E-state index contributed by atoms with van der Waals surface area (Å²) in [5, 5.41) is 2.64. The molecule has 1 aromatic carbocycles. The molecule has 2 atom stereocenters. The van der Waals surface area contributed by atoms with E-state index >= 15 is 0 Å². The third kappa shape index (κ3) is 15.0. The smallest absolute Gasteiger partial charge is 0.407 e. The Morgan fingerprint density at radius 3 is 2.18 bits per heavy atom. The third-order valence-corrected chi connectivity index (χ3v) is 6.49. The number of benzene rings is 1. The molecule has 0 saturated carbocycles. The fourth-order valence-corrected chi connectivity index (χ4v) is 4.37. The van der Waals surface area contributed by atoms with E-state index < -0.39 is 17.3 Å². The lowest BCUT2D eigenvalue weighted by molar-refractivity contribution is -0.158. The molecule has 7 nitrogen and oxygen atoms in total. The standard InChI is InChI=1S/C31H51NO6/c1-9-31(8,23-25-16-12-10-13-17-25)37-26(33)18-14-11-15-19-30(6,7)38-28(35)32-20-21-36-27(34)24(2)22-29(3,4)5/h10,12-13,16-17,24H,9,11,14-15,18-23H2,1-8H3,(H,32,35). The fraction of sp³-hybridized carbons (Fsp3) is 0.710. The van der Waals surface area contributed by atoms with E-state index in [1.54, 1.807) is 0 Å². The molecule has 0 fully saturated rings. The van der Waals surface area contributed by atoms with Gasteiger partial charge in [-0.1, -0.05) is 71.4 Å². The first kappa shape index (κ1) is 33.5. The molecule has 0 aliphatic heterocycles. The van der Waals surface area contributed by atoms with Gasteiger partial charge in [0, 0.05) is 12.8 Å². The number of nitrogens with one attached hydrogen (secondary N) is 1. The first-order valence-electron chi connectivity index (χ1n) is 14.0. The van der Waals surface area contributed by atoms with E-state index in [2.05, 4.69) is 38.2 Å². The Balaban J connectivity index is 2.24. The van der Waals surface area contributed by atoms with E-state index in [0.717, 1.165) is 37.7 Å². The Labute approximate surface area is 230 Å². The van der Waals surface area contributed by atoms with E-state index in [0.29, 0.717) is 19.3 Å². The molecule has 0 aliphatic rings. The minimum atomic E-state index is -0.640. The molecule has 7 heteroatoms. The van der Waals surface area contributed by atoms with E-state index in [-0.39, 0.29) is 36.4 Å². The Hall–Kier alpha value is -2.57. The lowest BCUT2D eigenvalue weighted by Crippen LogP contribution is -2.36. The number of carbonyl (C=O) groups excluding carboxylic acids is 3. The van der Waals surface area contributed by atoms with Crippen molar-refractivity contribution in [1.82, 2.24) is 5.32 Å². The molecule has 1 N–H and O–H groups in total. The summed E-state index contributed by atoms with van der Waals surface area (Å²) in [4.78, 5) is 36.7. The fourth-order valence-electron chi connectivity index (χ4n) is 4.37. The maximum absolute atomic E-state index is 12.4. The van der Waals surface area contributed by atoms with Crippen LogP contribution in [0, 0.1) is 11.3 Å². The van der Waals surface area contributed by atoms with Gasteiger partial charge < -0.3 is 19.5 Å². The first-order chi connectivity index (χ1) is 17.6. The number of hydrogen-bond acceptors (Lipinski definition) is 6. The average Bonchev–Trinajstić information content (AvgIpc) is 2.80. The van der Waals surface area contributed by atoms with Crippen molar-refractivity contribution in [3.63, 3.8) is 0 Å². The normalized spacial score (nSPS) is 14.2. The molecule has 216 valence electrons. The highest BCUT2D eigenvalue weighted by molar-refractivity contribution is 5.72. The van der Waals surface area contributed by atoms with Crippen molar-refractivity contribution >= 4 is 18.0 Å². The van der Waals surface area contributed by atoms with Crippen LogP contribution in [0.2, 0.25) is 0 Å². The van der Waals surface area contributed by atoms with Crippen LogP contribution in [0.15, 0.2) is 30.3 Å². The minimum absolute atomic E-state index is 0.0500. The molecule has 0 saturated heterocycles. The molecule has 2 unspecified atom stereocenters. The maximum Gasteiger partial charge on any atom is 0.407 e. The van der Waals surface area contributed by atoms with Crippen molar-refractivity contribution in [1.29, 1.82) is 0 Å². The molecule has 0 aromatic heterocycles. The van der Waals surface area contributed by atoms with Gasteiger partial charge >= 0.3 is 18.0 Å². The van der Waals surface area contributed by atoms with E-state index in [1.807, 2.05) is 52.8 Å². The lowest BCUT2D eigenvalue weighted by atomic mass is 9.85. The predicted octanol–water partition coefficient (Wildman–Crippen LogP) is 7.01. The molecule has 1 amide bonds. The number of rotatable bonds is 16. The van der Waals surface area contributed by atoms with E-state index in [9.17, 15) is 14.4 Å². The summed E-state index contributed by atoms with van der Waals surface area (Å²) in [7, 11) is 0. The average molecular weight is 534 g/mol. The maximum atomic E-state index is 12.4. The summed E-state index contributed by atoms with van der Waals surface area (Å²) < 4.78 is 16.6. The molecule has 0 radical (unpaired) electrons. The Morgan fingerprint density at radius 1 is 0.921 bits per heavy atom. The van der Waals surface area contributed by atoms with Gasteiger partial charge in [-0.25, -0.2) is 4.79 Å². The van der Waals surface area contributed by atoms with Gasteiger partial charge in [0.25, 0.3) is 0 Å². The highest BCUT2D eigenvalue weighted by atomic mass is 16.6. The zero-order chi connectivity index (χ0) is 28.8. The Morgan fingerprint density at radius 2 is 1.58 bits per heavy atom. The first-order valence-corrected chi connectivity index (χ1v) is 14.0. The van der Waals surface area contributed by atoms with E-state index in [1.165, 1.54) is 0 Å². The second-order valence-corrected chi connectivity index (χ2v) is 12.4. The van der Waals surface area contributed by atoms with Crippen LogP contribution in [-0.4, -0.2) is 42.4 Å². The van der Waals surface area contributed by atoms with Gasteiger partial charge in [-0.15, -0.1) is 0 Å². The number of ether oxygens (including phenoxy) is 3. The zero-order valence-corrected chi connectivity index (χ0v) is 25.0. The number of hydrogen-bond donors (Lipinski definition) is 1. The summed E-state index contributed by atoms with van der Waals surface area (Å²) in [6.07, 6.45) is 5.10. The molecule has 38 heavy (non-hydrogen) atoms. The summed E-state index contributed by atoms with van der Waals surface area (Å²) in [5.41, 5.74) is 0.0560. The zero-order valence-electron chi connectivity index (χ0n) is 25.0. The predicted molar refractivity (Wildman–Crippen MR) is 151 cm³/mol. The van der Waals surface area contributed by atoms with Crippen LogP contribution >= 0.6 is 0 Å². The van der Waals surface area contributed by atoms with Gasteiger partial charge in [0.1, 0.15) is 17.8 Å². The Kier molecular flexibility index (Phi) is 13.9. The number of alkyl carbamates (subject to hydrolysis) is 1. The lowest BCUT2D eigenvalue weighted by Gasteiger charge is -2.28. The monoisotopic (exact) mass is 533 g/mol. The van der Waals surface area contributed by atoms with Crippen molar-refractivity contribution in [2.24, 2.45) is 11.3 Å². The van der Waals surface area contributed by atoms with Crippen molar-refractivity contribution in [2.75, 3.05) is 13.2 Å². The highest BCUT2D eigenvalue weighted by Crippen LogP contribution is 2.25.